The zero-order chi connectivity index (χ0) is 16.2. The molecule has 1 aliphatic heterocycles. The number of carbonyl (C=O) groups is 1. The number of carbonyl (C=O) groups excluding carboxylic acids is 1. The van der Waals surface area contributed by atoms with Gasteiger partial charge in [0, 0.05) is 28.8 Å². The molecule has 2 aromatic rings. The molecular weight excluding hydrogens is 328 g/mol. The molecule has 1 aromatic heterocycles. The van der Waals surface area contributed by atoms with Crippen LogP contribution in [-0.2, 0) is 4.79 Å². The minimum absolute atomic E-state index is 0.0426. The quantitative estimate of drug-likeness (QED) is 0.486. The summed E-state index contributed by atoms with van der Waals surface area (Å²) in [6.45, 7) is 2.91. The molecule has 2 heterocycles. The maximum atomic E-state index is 12.7. The van der Waals surface area contributed by atoms with Gasteiger partial charge in [-0.1, -0.05) is 19.1 Å². The number of fused-ring (bicyclic) bond motifs is 1. The number of thioether (sulfide) groups is 2. The maximum absolute atomic E-state index is 12.7. The summed E-state index contributed by atoms with van der Waals surface area (Å²) >= 11 is 3.10. The second kappa shape index (κ2) is 7.27. The molecule has 6 heteroatoms. The van der Waals surface area contributed by atoms with Crippen LogP contribution in [0.15, 0.2) is 58.6 Å². The van der Waals surface area contributed by atoms with Crippen LogP contribution < -0.4 is 9.63 Å². The van der Waals surface area contributed by atoms with Gasteiger partial charge in [-0.2, -0.15) is 4.73 Å². The van der Waals surface area contributed by atoms with Crippen molar-refractivity contribution in [3.63, 3.8) is 0 Å². The van der Waals surface area contributed by atoms with Crippen LogP contribution in [0.25, 0.3) is 0 Å². The Kier molecular flexibility index (Phi) is 5.13. The average Bonchev–Trinajstić information content (AvgIpc) is 2.72. The van der Waals surface area contributed by atoms with E-state index in [1.807, 2.05) is 34.9 Å². The van der Waals surface area contributed by atoms with Crippen molar-refractivity contribution in [2.24, 2.45) is 0 Å². The van der Waals surface area contributed by atoms with Gasteiger partial charge in [-0.3, -0.25) is 4.79 Å². The minimum atomic E-state index is 0.0426. The standard InChI is InChI=1S/C17H18N2O2S2/c1-13-9-11-18(14-6-2-3-7-15(14)23-13)16(20)12-22-17-8-4-5-10-19(17)21/h2-8,10,13H,9,11-12H2,1H3. The highest BCUT2D eigenvalue weighted by Crippen LogP contribution is 2.37. The van der Waals surface area contributed by atoms with Crippen LogP contribution in [0.2, 0.25) is 0 Å². The van der Waals surface area contributed by atoms with E-state index >= 15 is 0 Å². The summed E-state index contributed by atoms with van der Waals surface area (Å²) in [5.74, 6) is 0.306. The first-order chi connectivity index (χ1) is 11.1. The molecule has 1 aliphatic rings. The Balaban J connectivity index is 1.75. The molecule has 1 unspecified atom stereocenters. The highest BCUT2D eigenvalue weighted by atomic mass is 32.2. The van der Waals surface area contributed by atoms with E-state index in [0.717, 1.165) is 28.3 Å². The lowest BCUT2D eigenvalue weighted by Crippen LogP contribution is -2.34. The van der Waals surface area contributed by atoms with E-state index in [-0.39, 0.29) is 11.7 Å². The normalized spacial score (nSPS) is 17.4. The van der Waals surface area contributed by atoms with Gasteiger partial charge in [0.15, 0.2) is 6.20 Å². The molecular formula is C17H18N2O2S2. The van der Waals surface area contributed by atoms with Gasteiger partial charge in [-0.15, -0.1) is 11.8 Å². The summed E-state index contributed by atoms with van der Waals surface area (Å²) in [7, 11) is 0. The third kappa shape index (κ3) is 3.82. The molecule has 0 saturated heterocycles. The Hall–Kier alpha value is -1.66. The Morgan fingerprint density at radius 3 is 2.96 bits per heavy atom. The summed E-state index contributed by atoms with van der Waals surface area (Å²) < 4.78 is 0.798. The van der Waals surface area contributed by atoms with Crippen LogP contribution in [0.3, 0.4) is 0 Å². The lowest BCUT2D eigenvalue weighted by atomic mass is 10.2. The number of hydrogen-bond acceptors (Lipinski definition) is 4. The second-order valence-corrected chi connectivity index (χ2v) is 7.86. The molecule has 0 radical (unpaired) electrons. The van der Waals surface area contributed by atoms with Crippen molar-refractivity contribution < 1.29 is 9.52 Å². The van der Waals surface area contributed by atoms with Gasteiger partial charge in [0.05, 0.1) is 11.4 Å². The number of para-hydroxylation sites is 1. The monoisotopic (exact) mass is 346 g/mol. The molecule has 0 aliphatic carbocycles. The summed E-state index contributed by atoms with van der Waals surface area (Å²) in [5.41, 5.74) is 0.982. The van der Waals surface area contributed by atoms with E-state index in [1.54, 1.807) is 18.2 Å². The van der Waals surface area contributed by atoms with Crippen molar-refractivity contribution in [3.05, 3.63) is 53.9 Å². The maximum Gasteiger partial charge on any atom is 0.251 e. The topological polar surface area (TPSA) is 47.2 Å². The highest BCUT2D eigenvalue weighted by Gasteiger charge is 2.24. The molecule has 1 aromatic carbocycles. The third-order valence-electron chi connectivity index (χ3n) is 3.68. The molecule has 0 spiro atoms. The van der Waals surface area contributed by atoms with Gasteiger partial charge in [0.1, 0.15) is 0 Å². The zero-order valence-electron chi connectivity index (χ0n) is 12.8. The van der Waals surface area contributed by atoms with Gasteiger partial charge in [0.25, 0.3) is 5.03 Å². The first-order valence-corrected chi connectivity index (χ1v) is 9.38. The van der Waals surface area contributed by atoms with Crippen molar-refractivity contribution in [2.45, 2.75) is 28.5 Å². The Labute approximate surface area is 144 Å². The number of amides is 1. The van der Waals surface area contributed by atoms with E-state index in [0.29, 0.717) is 10.3 Å². The van der Waals surface area contributed by atoms with Gasteiger partial charge in [-0.05, 0) is 36.4 Å². The number of aromatic nitrogens is 1. The molecule has 3 rings (SSSR count). The fourth-order valence-electron chi connectivity index (χ4n) is 2.48. The number of nitrogens with zero attached hydrogens (tertiary/aromatic N) is 2. The van der Waals surface area contributed by atoms with Gasteiger partial charge >= 0.3 is 0 Å². The van der Waals surface area contributed by atoms with Gasteiger partial charge < -0.3 is 10.1 Å². The predicted octanol–water partition coefficient (Wildman–Crippen LogP) is 3.33. The van der Waals surface area contributed by atoms with Crippen molar-refractivity contribution >= 4 is 35.1 Å². The summed E-state index contributed by atoms with van der Waals surface area (Å²) in [6.07, 6.45) is 2.41. The fraction of sp³-hybridized carbons (Fsp3) is 0.294. The summed E-state index contributed by atoms with van der Waals surface area (Å²) in [6, 6.07) is 13.3. The van der Waals surface area contributed by atoms with Gasteiger partial charge in [0.2, 0.25) is 5.91 Å². The number of pyridine rings is 1. The predicted molar refractivity (Wildman–Crippen MR) is 94.9 cm³/mol. The molecule has 0 N–H and O–H groups in total. The van der Waals surface area contributed by atoms with Crippen LogP contribution in [0.1, 0.15) is 13.3 Å². The number of rotatable bonds is 3. The van der Waals surface area contributed by atoms with Crippen molar-refractivity contribution in [3.8, 4) is 0 Å². The molecule has 1 atom stereocenters. The second-order valence-electron chi connectivity index (χ2n) is 5.38. The Morgan fingerprint density at radius 2 is 2.13 bits per heavy atom. The van der Waals surface area contributed by atoms with Crippen molar-refractivity contribution in [2.75, 3.05) is 17.2 Å². The molecule has 4 nitrogen and oxygen atoms in total. The fourth-order valence-corrected chi connectivity index (χ4v) is 4.39. The molecule has 0 fully saturated rings. The number of hydrogen-bond donors (Lipinski definition) is 0. The molecule has 0 bridgehead atoms. The summed E-state index contributed by atoms with van der Waals surface area (Å²) in [4.78, 5) is 15.7. The average molecular weight is 346 g/mol. The molecule has 23 heavy (non-hydrogen) atoms. The van der Waals surface area contributed by atoms with Crippen LogP contribution in [0.5, 0.6) is 0 Å². The first-order valence-electron chi connectivity index (χ1n) is 7.52. The summed E-state index contributed by atoms with van der Waals surface area (Å²) in [5, 5.41) is 12.7. The van der Waals surface area contributed by atoms with E-state index in [9.17, 15) is 10.0 Å². The Morgan fingerprint density at radius 1 is 1.35 bits per heavy atom. The molecule has 1 amide bonds. The lowest BCUT2D eigenvalue weighted by molar-refractivity contribution is -0.645. The SMILES string of the molecule is CC1CCN(C(=O)CSc2cccc[n+]2[O-])c2ccccc2S1. The van der Waals surface area contributed by atoms with Crippen molar-refractivity contribution in [1.29, 1.82) is 0 Å². The minimum Gasteiger partial charge on any atom is -0.618 e. The molecule has 120 valence electrons. The zero-order valence-corrected chi connectivity index (χ0v) is 14.5. The highest BCUT2D eigenvalue weighted by molar-refractivity contribution is 8.00. The van der Waals surface area contributed by atoms with E-state index in [1.165, 1.54) is 18.0 Å². The van der Waals surface area contributed by atoms with Crippen molar-refractivity contribution in [1.82, 2.24) is 0 Å². The first kappa shape index (κ1) is 16.2. The number of benzene rings is 1. The lowest BCUT2D eigenvalue weighted by Gasteiger charge is -2.22. The Bertz CT molecular complexity index is 708. The van der Waals surface area contributed by atoms with E-state index in [4.69, 9.17) is 0 Å². The van der Waals surface area contributed by atoms with Gasteiger partial charge in [-0.25, -0.2) is 0 Å². The van der Waals surface area contributed by atoms with Crippen LogP contribution in [0.4, 0.5) is 5.69 Å². The van der Waals surface area contributed by atoms with E-state index < -0.39 is 0 Å². The molecule has 0 saturated carbocycles. The van der Waals surface area contributed by atoms with E-state index in [2.05, 4.69) is 13.0 Å². The van der Waals surface area contributed by atoms with Crippen LogP contribution in [-0.4, -0.2) is 23.5 Å². The number of anilines is 1. The third-order valence-corrected chi connectivity index (χ3v) is 5.92. The van der Waals surface area contributed by atoms with Crippen LogP contribution >= 0.6 is 23.5 Å². The smallest absolute Gasteiger partial charge is 0.251 e. The largest absolute Gasteiger partial charge is 0.618 e. The van der Waals surface area contributed by atoms with Crippen LogP contribution in [0, 0.1) is 5.21 Å².